The van der Waals surface area contributed by atoms with Crippen LogP contribution in [0.15, 0.2) is 18.2 Å². The molecule has 0 saturated carbocycles. The van der Waals surface area contributed by atoms with E-state index in [9.17, 15) is 14.9 Å². The number of rotatable bonds is 2. The molecule has 1 aliphatic rings. The quantitative estimate of drug-likeness (QED) is 0.506. The van der Waals surface area contributed by atoms with Gasteiger partial charge in [0, 0.05) is 16.9 Å². The van der Waals surface area contributed by atoms with Crippen LogP contribution in [-0.2, 0) is 4.79 Å². The van der Waals surface area contributed by atoms with Gasteiger partial charge >= 0.3 is 0 Å². The van der Waals surface area contributed by atoms with Crippen LogP contribution < -0.4 is 5.32 Å². The van der Waals surface area contributed by atoms with Crippen molar-refractivity contribution in [3.8, 4) is 0 Å². The summed E-state index contributed by atoms with van der Waals surface area (Å²) in [5.41, 5.74) is 4.81. The number of H-pyrrole nitrogens is 1. The summed E-state index contributed by atoms with van der Waals surface area (Å²) in [7, 11) is 0. The van der Waals surface area contributed by atoms with Crippen LogP contribution in [0.3, 0.4) is 0 Å². The average Bonchev–Trinajstić information content (AvgIpc) is 2.88. The summed E-state index contributed by atoms with van der Waals surface area (Å²) in [6.45, 7) is 5.29. The number of aromatic nitrogens is 1. The number of anilines is 1. The van der Waals surface area contributed by atoms with Crippen molar-refractivity contribution in [2.24, 2.45) is 0 Å². The van der Waals surface area contributed by atoms with Crippen molar-refractivity contribution in [2.45, 2.75) is 20.8 Å². The fourth-order valence-electron chi connectivity index (χ4n) is 2.77. The molecule has 6 nitrogen and oxygen atoms in total. The van der Waals surface area contributed by atoms with Crippen molar-refractivity contribution in [2.75, 3.05) is 5.32 Å². The summed E-state index contributed by atoms with van der Waals surface area (Å²) in [5, 5.41) is 13.9. The summed E-state index contributed by atoms with van der Waals surface area (Å²) in [4.78, 5) is 25.8. The van der Waals surface area contributed by atoms with Gasteiger partial charge in [-0.15, -0.1) is 0 Å². The highest BCUT2D eigenvalue weighted by Gasteiger charge is 2.26. The van der Waals surface area contributed by atoms with Crippen LogP contribution in [0.2, 0.25) is 0 Å². The highest BCUT2D eigenvalue weighted by molar-refractivity contribution is 6.34. The minimum absolute atomic E-state index is 0.0646. The molecule has 0 fully saturated rings. The number of nitrogens with zero attached hydrogens (tertiary/aromatic N) is 1. The summed E-state index contributed by atoms with van der Waals surface area (Å²) in [6.07, 6.45) is 1.68. The lowest BCUT2D eigenvalue weighted by Gasteiger charge is -2.00. The number of aryl methyl sites for hydroxylation is 2. The predicted octanol–water partition coefficient (Wildman–Crippen LogP) is 3.34. The number of aromatic amines is 1. The first-order valence-corrected chi connectivity index (χ1v) is 6.86. The molecule has 0 unspecified atom stereocenters. The fraction of sp³-hybridized carbons (Fsp3) is 0.188. The van der Waals surface area contributed by atoms with Crippen molar-refractivity contribution in [3.63, 3.8) is 0 Å². The third-order valence-electron chi connectivity index (χ3n) is 3.87. The molecule has 22 heavy (non-hydrogen) atoms. The molecule has 0 saturated heterocycles. The Kier molecular flexibility index (Phi) is 3.09. The van der Waals surface area contributed by atoms with Gasteiger partial charge in [0.1, 0.15) is 0 Å². The van der Waals surface area contributed by atoms with Gasteiger partial charge in [-0.05, 0) is 39.0 Å². The van der Waals surface area contributed by atoms with Crippen molar-refractivity contribution in [1.29, 1.82) is 0 Å². The van der Waals surface area contributed by atoms with Gasteiger partial charge in [0.25, 0.3) is 11.6 Å². The summed E-state index contributed by atoms with van der Waals surface area (Å²) >= 11 is 0. The van der Waals surface area contributed by atoms with Gasteiger partial charge in [0.15, 0.2) is 0 Å². The number of fused-ring (bicyclic) bond motifs is 1. The van der Waals surface area contributed by atoms with Gasteiger partial charge in [0.05, 0.1) is 21.8 Å². The minimum Gasteiger partial charge on any atom is -0.353 e. The number of nitrogens with one attached hydrogen (secondary N) is 2. The Hall–Kier alpha value is -2.89. The topological polar surface area (TPSA) is 88.0 Å². The Morgan fingerprint density at radius 1 is 1.23 bits per heavy atom. The molecule has 1 aliphatic heterocycles. The first-order valence-electron chi connectivity index (χ1n) is 6.86. The van der Waals surface area contributed by atoms with E-state index in [-0.39, 0.29) is 11.6 Å². The number of amides is 1. The fourth-order valence-corrected chi connectivity index (χ4v) is 2.77. The molecule has 6 heteroatoms. The van der Waals surface area contributed by atoms with E-state index in [1.54, 1.807) is 19.9 Å². The van der Waals surface area contributed by atoms with E-state index in [1.165, 1.54) is 0 Å². The maximum absolute atomic E-state index is 12.2. The Morgan fingerprint density at radius 2 is 1.95 bits per heavy atom. The average molecular weight is 297 g/mol. The second-order valence-electron chi connectivity index (χ2n) is 5.46. The molecule has 0 atom stereocenters. The maximum atomic E-state index is 12.2. The van der Waals surface area contributed by atoms with Crippen LogP contribution >= 0.6 is 0 Å². The van der Waals surface area contributed by atoms with E-state index >= 15 is 0 Å². The van der Waals surface area contributed by atoms with Gasteiger partial charge < -0.3 is 10.3 Å². The highest BCUT2D eigenvalue weighted by Crippen LogP contribution is 2.35. The highest BCUT2D eigenvalue weighted by atomic mass is 16.6. The summed E-state index contributed by atoms with van der Waals surface area (Å²) in [5.74, 6) is -0.199. The molecular weight excluding hydrogens is 282 g/mol. The minimum atomic E-state index is -0.407. The number of nitro groups is 1. The first-order chi connectivity index (χ1) is 10.4. The van der Waals surface area contributed by atoms with Crippen molar-refractivity contribution in [1.82, 2.24) is 4.98 Å². The zero-order chi connectivity index (χ0) is 16.0. The Labute approximate surface area is 127 Å². The zero-order valence-corrected chi connectivity index (χ0v) is 12.5. The third kappa shape index (κ3) is 2.09. The predicted molar refractivity (Wildman–Crippen MR) is 84.6 cm³/mol. The number of hydrogen-bond acceptors (Lipinski definition) is 3. The SMILES string of the molecule is Cc1ccc2c(c1)/C(=C/c1[nH]c(C)c([N+](=O)[O-])c1C)C(=O)N2. The van der Waals surface area contributed by atoms with Gasteiger partial charge in [-0.1, -0.05) is 11.6 Å². The van der Waals surface area contributed by atoms with E-state index in [1.807, 2.05) is 25.1 Å². The number of benzene rings is 1. The van der Waals surface area contributed by atoms with Gasteiger partial charge in [-0.2, -0.15) is 0 Å². The molecule has 2 N–H and O–H groups in total. The number of hydrogen-bond donors (Lipinski definition) is 2. The third-order valence-corrected chi connectivity index (χ3v) is 3.87. The summed E-state index contributed by atoms with van der Waals surface area (Å²) < 4.78 is 0. The second-order valence-corrected chi connectivity index (χ2v) is 5.46. The Bertz CT molecular complexity index is 847. The van der Waals surface area contributed by atoms with Crippen LogP contribution in [0.1, 0.15) is 28.1 Å². The van der Waals surface area contributed by atoms with E-state index in [0.29, 0.717) is 22.5 Å². The van der Waals surface area contributed by atoms with E-state index in [0.717, 1.165) is 16.8 Å². The second kappa shape index (κ2) is 4.84. The molecule has 2 heterocycles. The molecule has 2 aromatic rings. The van der Waals surface area contributed by atoms with Crippen LogP contribution in [0, 0.1) is 30.9 Å². The molecule has 0 spiro atoms. The Balaban J connectivity index is 2.15. The van der Waals surface area contributed by atoms with Crippen molar-refractivity contribution >= 4 is 28.9 Å². The summed E-state index contributed by atoms with van der Waals surface area (Å²) in [6, 6.07) is 5.72. The molecule has 1 aromatic heterocycles. The molecule has 0 bridgehead atoms. The first kappa shape index (κ1) is 14.1. The van der Waals surface area contributed by atoms with E-state index in [2.05, 4.69) is 10.3 Å². The van der Waals surface area contributed by atoms with Crippen LogP contribution in [0.25, 0.3) is 11.6 Å². The van der Waals surface area contributed by atoms with Crippen molar-refractivity contribution in [3.05, 3.63) is 56.4 Å². The Morgan fingerprint density at radius 3 is 2.59 bits per heavy atom. The van der Waals surface area contributed by atoms with E-state index < -0.39 is 4.92 Å². The molecule has 3 rings (SSSR count). The number of carbonyl (C=O) groups excluding carboxylic acids is 1. The molecule has 0 aliphatic carbocycles. The van der Waals surface area contributed by atoms with E-state index in [4.69, 9.17) is 0 Å². The lowest BCUT2D eigenvalue weighted by atomic mass is 10.0. The largest absolute Gasteiger partial charge is 0.353 e. The molecule has 0 radical (unpaired) electrons. The standard InChI is InChI=1S/C16H15N3O3/c1-8-4-5-13-11(6-8)12(16(20)18-13)7-14-9(2)15(19(21)22)10(3)17-14/h4-7,17H,1-3H3,(H,18,20)/b12-7-. The molecular formula is C16H15N3O3. The van der Waals surface area contributed by atoms with Crippen LogP contribution in [0.5, 0.6) is 0 Å². The number of carbonyl (C=O) groups is 1. The normalized spacial score (nSPS) is 15.0. The molecule has 1 amide bonds. The van der Waals surface area contributed by atoms with Crippen LogP contribution in [-0.4, -0.2) is 15.8 Å². The van der Waals surface area contributed by atoms with Gasteiger partial charge in [0.2, 0.25) is 0 Å². The molecule has 1 aromatic carbocycles. The molecule has 112 valence electrons. The monoisotopic (exact) mass is 297 g/mol. The van der Waals surface area contributed by atoms with Crippen LogP contribution in [0.4, 0.5) is 11.4 Å². The lowest BCUT2D eigenvalue weighted by Crippen LogP contribution is -2.03. The van der Waals surface area contributed by atoms with Crippen molar-refractivity contribution < 1.29 is 9.72 Å². The smallest absolute Gasteiger partial charge is 0.293 e. The lowest BCUT2D eigenvalue weighted by molar-refractivity contribution is -0.385. The van der Waals surface area contributed by atoms with Gasteiger partial charge in [-0.3, -0.25) is 14.9 Å². The van der Waals surface area contributed by atoms with Gasteiger partial charge in [-0.25, -0.2) is 0 Å². The zero-order valence-electron chi connectivity index (χ0n) is 12.5. The maximum Gasteiger partial charge on any atom is 0.293 e.